The summed E-state index contributed by atoms with van der Waals surface area (Å²) in [6.07, 6.45) is 0. The van der Waals surface area contributed by atoms with Crippen LogP contribution in [0.25, 0.3) is 21.8 Å². The minimum Gasteiger partial charge on any atom is -0.280 e. The molecule has 0 saturated carbocycles. The van der Waals surface area contributed by atoms with E-state index in [1.807, 2.05) is 30.5 Å². The van der Waals surface area contributed by atoms with Gasteiger partial charge in [-0.2, -0.15) is 0 Å². The average molecular weight is 435 g/mol. The number of aryl methyl sites for hydroxylation is 3. The van der Waals surface area contributed by atoms with Crippen LogP contribution in [0.3, 0.4) is 0 Å². The van der Waals surface area contributed by atoms with Gasteiger partial charge in [0.05, 0.1) is 10.6 Å². The summed E-state index contributed by atoms with van der Waals surface area (Å²) >= 11 is 1.55. The molecular weight excluding hydrogens is 412 g/mol. The first kappa shape index (κ1) is 20.3. The standard InChI is InChI=1S/C24H22N2O2S2/c1-16-8-11-21(12-9-16)30(27,28)26-20-6-4-5-19(14-20)24-25-23(15-29-24)22-13-17(2)7-10-18(22)3/h4-15,26H,1-3H3. The van der Waals surface area contributed by atoms with Gasteiger partial charge < -0.3 is 0 Å². The lowest BCUT2D eigenvalue weighted by Crippen LogP contribution is -2.12. The number of benzene rings is 3. The minimum absolute atomic E-state index is 0.241. The zero-order valence-corrected chi connectivity index (χ0v) is 18.6. The van der Waals surface area contributed by atoms with E-state index in [1.54, 1.807) is 41.7 Å². The van der Waals surface area contributed by atoms with Gasteiger partial charge in [-0.15, -0.1) is 11.3 Å². The molecule has 1 N–H and O–H groups in total. The number of hydrogen-bond donors (Lipinski definition) is 1. The van der Waals surface area contributed by atoms with Crippen LogP contribution in [-0.4, -0.2) is 13.4 Å². The topological polar surface area (TPSA) is 59.1 Å². The first-order valence-corrected chi connectivity index (χ1v) is 11.9. The van der Waals surface area contributed by atoms with Crippen molar-refractivity contribution in [1.29, 1.82) is 0 Å². The van der Waals surface area contributed by atoms with E-state index < -0.39 is 10.0 Å². The van der Waals surface area contributed by atoms with Crippen LogP contribution in [0, 0.1) is 20.8 Å². The van der Waals surface area contributed by atoms with Crippen molar-refractivity contribution in [3.8, 4) is 21.8 Å². The second kappa shape index (κ2) is 8.05. The summed E-state index contributed by atoms with van der Waals surface area (Å²) in [5.41, 5.74) is 6.82. The fourth-order valence-corrected chi connectivity index (χ4v) is 5.06. The lowest BCUT2D eigenvalue weighted by atomic mass is 10.0. The number of nitrogens with zero attached hydrogens (tertiary/aromatic N) is 1. The molecule has 0 aliphatic heterocycles. The normalized spacial score (nSPS) is 11.4. The second-order valence-electron chi connectivity index (χ2n) is 7.36. The number of aromatic nitrogens is 1. The maximum atomic E-state index is 12.7. The fourth-order valence-electron chi connectivity index (χ4n) is 3.19. The van der Waals surface area contributed by atoms with Gasteiger partial charge in [-0.05, 0) is 56.7 Å². The molecule has 0 radical (unpaired) electrons. The molecule has 4 aromatic rings. The van der Waals surface area contributed by atoms with Gasteiger partial charge >= 0.3 is 0 Å². The fraction of sp³-hybridized carbons (Fsp3) is 0.125. The SMILES string of the molecule is Cc1ccc(S(=O)(=O)Nc2cccc(-c3nc(-c4cc(C)ccc4C)cs3)c2)cc1. The first-order valence-electron chi connectivity index (χ1n) is 9.55. The zero-order valence-electron chi connectivity index (χ0n) is 17.0. The summed E-state index contributed by atoms with van der Waals surface area (Å²) in [5.74, 6) is 0. The van der Waals surface area contributed by atoms with Crippen LogP contribution < -0.4 is 4.72 Å². The van der Waals surface area contributed by atoms with Gasteiger partial charge in [-0.1, -0.05) is 47.5 Å². The van der Waals surface area contributed by atoms with Crippen molar-refractivity contribution in [3.63, 3.8) is 0 Å². The molecule has 0 unspecified atom stereocenters. The highest BCUT2D eigenvalue weighted by Gasteiger charge is 2.15. The lowest BCUT2D eigenvalue weighted by molar-refractivity contribution is 0.601. The number of hydrogen-bond acceptors (Lipinski definition) is 4. The third kappa shape index (κ3) is 4.30. The second-order valence-corrected chi connectivity index (χ2v) is 9.90. The van der Waals surface area contributed by atoms with Crippen molar-refractivity contribution in [2.24, 2.45) is 0 Å². The van der Waals surface area contributed by atoms with E-state index in [0.29, 0.717) is 5.69 Å². The highest BCUT2D eigenvalue weighted by molar-refractivity contribution is 7.92. The van der Waals surface area contributed by atoms with E-state index >= 15 is 0 Å². The Labute approximate surface area is 181 Å². The third-order valence-electron chi connectivity index (χ3n) is 4.87. The maximum Gasteiger partial charge on any atom is 0.261 e. The van der Waals surface area contributed by atoms with E-state index in [4.69, 9.17) is 4.98 Å². The molecule has 1 aromatic heterocycles. The highest BCUT2D eigenvalue weighted by Crippen LogP contribution is 2.32. The van der Waals surface area contributed by atoms with Gasteiger partial charge in [-0.25, -0.2) is 13.4 Å². The molecule has 6 heteroatoms. The number of rotatable bonds is 5. The Balaban J connectivity index is 1.62. The predicted octanol–water partition coefficient (Wildman–Crippen LogP) is 6.20. The molecule has 0 saturated heterocycles. The number of thiazole rings is 1. The Morgan fingerprint density at radius 1 is 0.867 bits per heavy atom. The highest BCUT2D eigenvalue weighted by atomic mass is 32.2. The third-order valence-corrected chi connectivity index (χ3v) is 7.15. The van der Waals surface area contributed by atoms with Gasteiger partial charge in [-0.3, -0.25) is 4.72 Å². The zero-order chi connectivity index (χ0) is 21.3. The molecule has 0 spiro atoms. The number of nitrogens with one attached hydrogen (secondary N) is 1. The molecule has 0 aliphatic rings. The largest absolute Gasteiger partial charge is 0.280 e. The van der Waals surface area contributed by atoms with Gasteiger partial charge in [0.15, 0.2) is 0 Å². The van der Waals surface area contributed by atoms with Gasteiger partial charge in [0.2, 0.25) is 0 Å². The number of sulfonamides is 1. The van der Waals surface area contributed by atoms with E-state index in [9.17, 15) is 8.42 Å². The Bertz CT molecular complexity index is 1310. The summed E-state index contributed by atoms with van der Waals surface area (Å²) in [7, 11) is -3.64. The van der Waals surface area contributed by atoms with Crippen LogP contribution in [0.15, 0.2) is 77.0 Å². The Kier molecular flexibility index (Phi) is 5.45. The van der Waals surface area contributed by atoms with Crippen LogP contribution in [-0.2, 0) is 10.0 Å². The van der Waals surface area contributed by atoms with Crippen LogP contribution in [0.2, 0.25) is 0 Å². The molecule has 3 aromatic carbocycles. The lowest BCUT2D eigenvalue weighted by Gasteiger charge is -2.09. The van der Waals surface area contributed by atoms with E-state index in [1.165, 1.54) is 11.1 Å². The van der Waals surface area contributed by atoms with Crippen molar-refractivity contribution >= 4 is 27.0 Å². The van der Waals surface area contributed by atoms with Crippen LogP contribution in [0.4, 0.5) is 5.69 Å². The molecule has 0 aliphatic carbocycles. The quantitative estimate of drug-likeness (QED) is 0.407. The molecule has 4 rings (SSSR count). The van der Waals surface area contributed by atoms with Crippen LogP contribution >= 0.6 is 11.3 Å². The molecule has 152 valence electrons. The van der Waals surface area contributed by atoms with E-state index in [-0.39, 0.29) is 4.90 Å². The maximum absolute atomic E-state index is 12.7. The molecule has 1 heterocycles. The number of anilines is 1. The van der Waals surface area contributed by atoms with Crippen molar-refractivity contribution in [3.05, 3.63) is 88.8 Å². The van der Waals surface area contributed by atoms with Gasteiger partial charge in [0.25, 0.3) is 10.0 Å². The summed E-state index contributed by atoms with van der Waals surface area (Å²) in [4.78, 5) is 5.04. The summed E-state index contributed by atoms with van der Waals surface area (Å²) in [5, 5.41) is 2.89. The van der Waals surface area contributed by atoms with E-state index in [2.05, 4.69) is 36.8 Å². The smallest absolute Gasteiger partial charge is 0.261 e. The Morgan fingerprint density at radius 2 is 1.60 bits per heavy atom. The van der Waals surface area contributed by atoms with Crippen LogP contribution in [0.5, 0.6) is 0 Å². The molecule has 0 atom stereocenters. The van der Waals surface area contributed by atoms with Crippen molar-refractivity contribution in [2.75, 3.05) is 4.72 Å². The molecule has 0 bridgehead atoms. The predicted molar refractivity (Wildman–Crippen MR) is 124 cm³/mol. The Morgan fingerprint density at radius 3 is 2.37 bits per heavy atom. The summed E-state index contributed by atoms with van der Waals surface area (Å²) < 4.78 is 28.1. The van der Waals surface area contributed by atoms with Crippen molar-refractivity contribution in [1.82, 2.24) is 4.98 Å². The first-order chi connectivity index (χ1) is 14.3. The molecule has 30 heavy (non-hydrogen) atoms. The molecule has 0 fully saturated rings. The van der Waals surface area contributed by atoms with Gasteiger partial charge in [0.1, 0.15) is 5.01 Å². The average Bonchev–Trinajstić information content (AvgIpc) is 3.20. The monoisotopic (exact) mass is 434 g/mol. The molecular formula is C24H22N2O2S2. The van der Waals surface area contributed by atoms with Crippen molar-refractivity contribution < 1.29 is 8.42 Å². The van der Waals surface area contributed by atoms with Gasteiger partial charge in [0, 0.05) is 22.2 Å². The van der Waals surface area contributed by atoms with E-state index in [0.717, 1.165) is 27.4 Å². The van der Waals surface area contributed by atoms with Crippen LogP contribution in [0.1, 0.15) is 16.7 Å². The minimum atomic E-state index is -3.64. The molecule has 4 nitrogen and oxygen atoms in total. The Hall–Kier alpha value is -2.96. The summed E-state index contributed by atoms with van der Waals surface area (Å²) in [6, 6.07) is 20.5. The summed E-state index contributed by atoms with van der Waals surface area (Å²) in [6.45, 7) is 6.07. The van der Waals surface area contributed by atoms with Crippen molar-refractivity contribution in [2.45, 2.75) is 25.7 Å². The molecule has 0 amide bonds.